The van der Waals surface area contributed by atoms with Crippen LogP contribution >= 0.6 is 0 Å². The zero-order valence-corrected chi connectivity index (χ0v) is 14.6. The number of carbonyl (C=O) groups excluding carboxylic acids is 2. The van der Waals surface area contributed by atoms with E-state index in [1.54, 1.807) is 0 Å². The zero-order chi connectivity index (χ0) is 17.4. The third-order valence-electron chi connectivity index (χ3n) is 3.34. The van der Waals surface area contributed by atoms with E-state index in [1.165, 1.54) is 19.4 Å². The highest BCUT2D eigenvalue weighted by Gasteiger charge is 2.23. The van der Waals surface area contributed by atoms with Crippen molar-refractivity contribution in [3.8, 4) is 0 Å². The van der Waals surface area contributed by atoms with E-state index in [-0.39, 0.29) is 5.92 Å². The predicted molar refractivity (Wildman–Crippen MR) is 90.6 cm³/mol. The van der Waals surface area contributed by atoms with Crippen molar-refractivity contribution in [3.63, 3.8) is 0 Å². The molecule has 0 aliphatic carbocycles. The maximum Gasteiger partial charge on any atom is 0.305 e. The third kappa shape index (κ3) is 6.68. The highest BCUT2D eigenvalue weighted by Crippen LogP contribution is 2.22. The Kier molecular flexibility index (Phi) is 7.52. The molecule has 0 unspecified atom stereocenters. The summed E-state index contributed by atoms with van der Waals surface area (Å²) in [5.74, 6) is -0.906. The van der Waals surface area contributed by atoms with Crippen molar-refractivity contribution in [1.29, 1.82) is 0 Å². The van der Waals surface area contributed by atoms with Gasteiger partial charge in [-0.1, -0.05) is 51.5 Å². The molecule has 4 heteroatoms. The van der Waals surface area contributed by atoms with Gasteiger partial charge in [0, 0.05) is 19.4 Å². The first kappa shape index (κ1) is 18.9. The molecule has 0 radical (unpaired) electrons. The average Bonchev–Trinajstić information content (AvgIpc) is 2.44. The van der Waals surface area contributed by atoms with Crippen molar-refractivity contribution in [1.82, 2.24) is 0 Å². The van der Waals surface area contributed by atoms with Gasteiger partial charge in [-0.3, -0.25) is 9.59 Å². The van der Waals surface area contributed by atoms with Crippen LogP contribution in [0.25, 0.3) is 6.08 Å². The van der Waals surface area contributed by atoms with Gasteiger partial charge < -0.3 is 9.47 Å². The maximum absolute atomic E-state index is 11.3. The lowest BCUT2D eigenvalue weighted by molar-refractivity contribution is -0.178. The maximum atomic E-state index is 11.3. The molecule has 1 aromatic carbocycles. The van der Waals surface area contributed by atoms with Gasteiger partial charge in [0.05, 0.1) is 0 Å². The molecule has 0 N–H and O–H groups in total. The Morgan fingerprint density at radius 1 is 1.04 bits per heavy atom. The zero-order valence-electron chi connectivity index (χ0n) is 14.6. The quantitative estimate of drug-likeness (QED) is 0.560. The van der Waals surface area contributed by atoms with Crippen LogP contribution < -0.4 is 0 Å². The highest BCUT2D eigenvalue weighted by atomic mass is 16.7. The van der Waals surface area contributed by atoms with Crippen LogP contribution in [0.2, 0.25) is 0 Å². The van der Waals surface area contributed by atoms with Gasteiger partial charge in [0.15, 0.2) is 0 Å². The van der Waals surface area contributed by atoms with E-state index in [0.29, 0.717) is 0 Å². The minimum atomic E-state index is -0.986. The van der Waals surface area contributed by atoms with Gasteiger partial charge >= 0.3 is 11.9 Å². The lowest BCUT2D eigenvalue weighted by atomic mass is 9.98. The van der Waals surface area contributed by atoms with Crippen molar-refractivity contribution in [3.05, 3.63) is 41.0 Å². The first-order valence-corrected chi connectivity index (χ1v) is 7.98. The first-order valence-electron chi connectivity index (χ1n) is 7.98. The summed E-state index contributed by atoms with van der Waals surface area (Å²) in [6, 6.07) is 8.21. The summed E-state index contributed by atoms with van der Waals surface area (Å²) in [5.41, 5.74) is 3.02. The number of hydrogen-bond acceptors (Lipinski definition) is 4. The van der Waals surface area contributed by atoms with E-state index in [1.807, 2.05) is 32.1 Å². The largest absolute Gasteiger partial charge is 0.421 e. The summed E-state index contributed by atoms with van der Waals surface area (Å²) in [6.07, 6.45) is 3.08. The monoisotopic (exact) mass is 318 g/mol. The topological polar surface area (TPSA) is 52.6 Å². The minimum absolute atomic E-state index is 0.0639. The van der Waals surface area contributed by atoms with Crippen LogP contribution in [0.4, 0.5) is 0 Å². The predicted octanol–water partition coefficient (Wildman–Crippen LogP) is 4.13. The number of benzene rings is 1. The second kappa shape index (κ2) is 9.13. The van der Waals surface area contributed by atoms with E-state index in [9.17, 15) is 9.59 Å². The van der Waals surface area contributed by atoms with Crippen molar-refractivity contribution in [2.75, 3.05) is 0 Å². The Bertz CT molecular complexity index is 539. The molecule has 0 fully saturated rings. The molecular formula is C19H26O4. The Hall–Kier alpha value is -2.10. The van der Waals surface area contributed by atoms with Gasteiger partial charge in [-0.25, -0.2) is 0 Å². The third-order valence-corrected chi connectivity index (χ3v) is 3.34. The van der Waals surface area contributed by atoms with Crippen molar-refractivity contribution in [2.24, 2.45) is 5.92 Å². The molecule has 0 spiro atoms. The van der Waals surface area contributed by atoms with E-state index in [0.717, 1.165) is 24.0 Å². The van der Waals surface area contributed by atoms with Gasteiger partial charge in [-0.15, -0.1) is 0 Å². The van der Waals surface area contributed by atoms with Crippen LogP contribution in [-0.4, -0.2) is 18.2 Å². The van der Waals surface area contributed by atoms with Crippen molar-refractivity contribution >= 4 is 18.0 Å². The molecule has 0 aliphatic rings. The molecule has 0 heterocycles. The summed E-state index contributed by atoms with van der Waals surface area (Å²) < 4.78 is 10.3. The Morgan fingerprint density at radius 3 is 1.96 bits per heavy atom. The van der Waals surface area contributed by atoms with Crippen LogP contribution in [0.15, 0.2) is 29.8 Å². The highest BCUT2D eigenvalue weighted by molar-refractivity contribution is 5.69. The SMILES string of the molecule is CCCc1ccc(C=C(C(C)C)C(OC(C)=O)OC(C)=O)cc1. The van der Waals surface area contributed by atoms with Crippen molar-refractivity contribution in [2.45, 2.75) is 53.8 Å². The Balaban J connectivity index is 3.09. The van der Waals surface area contributed by atoms with Gasteiger partial charge in [0.1, 0.15) is 0 Å². The summed E-state index contributed by atoms with van der Waals surface area (Å²) in [7, 11) is 0. The molecule has 1 aromatic rings. The fourth-order valence-electron chi connectivity index (χ4n) is 2.23. The number of aryl methyl sites for hydroxylation is 1. The molecule has 0 amide bonds. The van der Waals surface area contributed by atoms with Gasteiger partial charge in [-0.2, -0.15) is 0 Å². The molecule has 0 aromatic heterocycles. The summed E-state index contributed by atoms with van der Waals surface area (Å²) in [6.45, 7) is 8.68. The second-order valence-electron chi connectivity index (χ2n) is 5.84. The van der Waals surface area contributed by atoms with E-state index in [4.69, 9.17) is 9.47 Å². The molecular weight excluding hydrogens is 292 g/mol. The number of carbonyl (C=O) groups is 2. The van der Waals surface area contributed by atoms with Crippen LogP contribution in [0, 0.1) is 5.92 Å². The lowest BCUT2D eigenvalue weighted by Crippen LogP contribution is -2.26. The van der Waals surface area contributed by atoms with Gasteiger partial charge in [0.25, 0.3) is 6.29 Å². The standard InChI is InChI=1S/C19H26O4/c1-6-7-16-8-10-17(11-9-16)12-18(13(2)3)19(22-14(4)20)23-15(5)21/h8-13,19H,6-7H2,1-5H3. The van der Waals surface area contributed by atoms with E-state index in [2.05, 4.69) is 19.1 Å². The fourth-order valence-corrected chi connectivity index (χ4v) is 2.23. The van der Waals surface area contributed by atoms with Crippen LogP contribution in [0.5, 0.6) is 0 Å². The first-order chi connectivity index (χ1) is 10.8. The number of esters is 2. The number of ether oxygens (including phenoxy) is 2. The second-order valence-corrected chi connectivity index (χ2v) is 5.84. The molecule has 0 bridgehead atoms. The van der Waals surface area contributed by atoms with Crippen LogP contribution in [0.1, 0.15) is 52.2 Å². The molecule has 0 saturated heterocycles. The fraction of sp³-hybridized carbons (Fsp3) is 0.474. The van der Waals surface area contributed by atoms with E-state index < -0.39 is 18.2 Å². The minimum Gasteiger partial charge on any atom is -0.421 e. The van der Waals surface area contributed by atoms with Gasteiger partial charge in [-0.05, 0) is 29.5 Å². The number of hydrogen-bond donors (Lipinski definition) is 0. The molecule has 0 atom stereocenters. The average molecular weight is 318 g/mol. The lowest BCUT2D eigenvalue weighted by Gasteiger charge is -2.22. The van der Waals surface area contributed by atoms with Crippen LogP contribution in [-0.2, 0) is 25.5 Å². The van der Waals surface area contributed by atoms with Crippen molar-refractivity contribution < 1.29 is 19.1 Å². The smallest absolute Gasteiger partial charge is 0.305 e. The molecule has 1 rings (SSSR count). The molecule has 126 valence electrons. The summed E-state index contributed by atoms with van der Waals surface area (Å²) in [4.78, 5) is 22.6. The van der Waals surface area contributed by atoms with E-state index >= 15 is 0 Å². The molecule has 23 heavy (non-hydrogen) atoms. The Morgan fingerprint density at radius 2 is 1.57 bits per heavy atom. The summed E-state index contributed by atoms with van der Waals surface area (Å²) >= 11 is 0. The molecule has 4 nitrogen and oxygen atoms in total. The normalized spacial score (nSPS) is 11.7. The number of rotatable bonds is 7. The molecule has 0 saturated carbocycles. The Labute approximate surface area is 138 Å². The van der Waals surface area contributed by atoms with Gasteiger partial charge in [0.2, 0.25) is 0 Å². The summed E-state index contributed by atoms with van der Waals surface area (Å²) in [5, 5.41) is 0. The van der Waals surface area contributed by atoms with Crippen LogP contribution in [0.3, 0.4) is 0 Å². The molecule has 0 aliphatic heterocycles.